The molecule has 0 rings (SSSR count). The molecule has 0 aromatic rings. The Bertz CT molecular complexity index is 737. The van der Waals surface area contributed by atoms with E-state index >= 15 is 0 Å². The van der Waals surface area contributed by atoms with Gasteiger partial charge in [-0.15, -0.1) is 0 Å². The number of hydrogen-bond donors (Lipinski definition) is 1. The van der Waals surface area contributed by atoms with Crippen LogP contribution in [0.1, 0.15) is 207 Å². The molecule has 0 spiro atoms. The highest BCUT2D eigenvalue weighted by Crippen LogP contribution is 2.13. The van der Waals surface area contributed by atoms with E-state index in [1.54, 1.807) is 0 Å². The molecular formula is C44H87NO8. The first-order chi connectivity index (χ1) is 26.1. The number of unbranched alkanes of at least 4 members (excludes halogenated alkanes) is 22. The first kappa shape index (κ1) is 51.6. The van der Waals surface area contributed by atoms with E-state index in [1.165, 1.54) is 103 Å². The Balaban J connectivity index is 3.97. The molecule has 9 heteroatoms. The van der Waals surface area contributed by atoms with Crippen molar-refractivity contribution in [3.8, 4) is 0 Å². The zero-order valence-corrected chi connectivity index (χ0v) is 35.2. The van der Waals surface area contributed by atoms with E-state index in [-0.39, 0.29) is 18.9 Å². The first-order valence-electron chi connectivity index (χ1n) is 22.6. The van der Waals surface area contributed by atoms with Gasteiger partial charge in [-0.05, 0) is 64.5 Å². The van der Waals surface area contributed by atoms with Crippen molar-refractivity contribution < 1.29 is 38.4 Å². The van der Waals surface area contributed by atoms with Crippen molar-refractivity contribution in [2.45, 2.75) is 213 Å². The molecule has 0 saturated carbocycles. The second-order valence-electron chi connectivity index (χ2n) is 14.9. The minimum Gasteiger partial charge on any atom is -0.466 e. The van der Waals surface area contributed by atoms with Gasteiger partial charge in [0, 0.05) is 26.2 Å². The average molecular weight is 758 g/mol. The minimum atomic E-state index is -0.550. The molecule has 0 aromatic heterocycles. The van der Waals surface area contributed by atoms with Crippen molar-refractivity contribution >= 4 is 12.1 Å². The smallest absolute Gasteiger partial charge is 0.466 e. The van der Waals surface area contributed by atoms with Crippen molar-refractivity contribution in [3.05, 3.63) is 0 Å². The van der Waals surface area contributed by atoms with Crippen LogP contribution < -0.4 is 0 Å². The number of carbonyl (C=O) groups is 2. The quantitative estimate of drug-likeness (QED) is 0.0370. The first-order valence-corrected chi connectivity index (χ1v) is 22.6. The second kappa shape index (κ2) is 43.3. The van der Waals surface area contributed by atoms with Crippen LogP contribution in [0.15, 0.2) is 0 Å². The lowest BCUT2D eigenvalue weighted by atomic mass is 10.1. The van der Waals surface area contributed by atoms with Crippen LogP contribution in [0.4, 0.5) is 4.79 Å². The van der Waals surface area contributed by atoms with Gasteiger partial charge in [0.25, 0.3) is 0 Å². The molecule has 9 nitrogen and oxygen atoms in total. The van der Waals surface area contributed by atoms with Gasteiger partial charge in [0.2, 0.25) is 0 Å². The van der Waals surface area contributed by atoms with Crippen molar-refractivity contribution in [1.82, 2.24) is 4.90 Å². The van der Waals surface area contributed by atoms with Crippen LogP contribution in [0.2, 0.25) is 0 Å². The van der Waals surface area contributed by atoms with Crippen LogP contribution in [0, 0.1) is 0 Å². The van der Waals surface area contributed by atoms with Crippen LogP contribution in [-0.2, 0) is 28.5 Å². The van der Waals surface area contributed by atoms with Crippen LogP contribution in [0.25, 0.3) is 0 Å². The molecule has 0 aliphatic carbocycles. The highest BCUT2D eigenvalue weighted by Gasteiger charge is 2.14. The summed E-state index contributed by atoms with van der Waals surface area (Å²) in [5, 5.41) is 9.51. The number of aliphatic hydroxyl groups is 1. The summed E-state index contributed by atoms with van der Waals surface area (Å²) in [5.41, 5.74) is 0. The van der Waals surface area contributed by atoms with Gasteiger partial charge >= 0.3 is 12.1 Å². The summed E-state index contributed by atoms with van der Waals surface area (Å²) in [7, 11) is 0. The van der Waals surface area contributed by atoms with Gasteiger partial charge in [0.1, 0.15) is 0 Å². The van der Waals surface area contributed by atoms with Gasteiger partial charge in [-0.25, -0.2) is 4.79 Å². The fourth-order valence-electron chi connectivity index (χ4n) is 6.37. The molecule has 0 unspecified atom stereocenters. The highest BCUT2D eigenvalue weighted by atomic mass is 16.7. The van der Waals surface area contributed by atoms with E-state index in [0.717, 1.165) is 83.7 Å². The third kappa shape index (κ3) is 40.1. The van der Waals surface area contributed by atoms with Gasteiger partial charge in [0.15, 0.2) is 6.29 Å². The van der Waals surface area contributed by atoms with E-state index in [1.807, 2.05) is 0 Å². The lowest BCUT2D eigenvalue weighted by Crippen LogP contribution is -2.29. The Morgan fingerprint density at radius 2 is 0.811 bits per heavy atom. The van der Waals surface area contributed by atoms with Crippen molar-refractivity contribution in [2.24, 2.45) is 0 Å². The molecule has 0 fully saturated rings. The number of rotatable bonds is 43. The van der Waals surface area contributed by atoms with E-state index in [2.05, 4.69) is 25.7 Å². The third-order valence-corrected chi connectivity index (χ3v) is 9.79. The van der Waals surface area contributed by atoms with Crippen LogP contribution in [0.5, 0.6) is 0 Å². The zero-order chi connectivity index (χ0) is 38.7. The number of ether oxygens (including phenoxy) is 5. The number of esters is 1. The maximum Gasteiger partial charge on any atom is 0.508 e. The summed E-state index contributed by atoms with van der Waals surface area (Å²) >= 11 is 0. The Morgan fingerprint density at radius 3 is 1.25 bits per heavy atom. The molecule has 0 heterocycles. The molecule has 0 aliphatic heterocycles. The van der Waals surface area contributed by atoms with Crippen LogP contribution in [-0.4, -0.2) is 87.7 Å². The lowest BCUT2D eigenvalue weighted by Gasteiger charge is -2.21. The third-order valence-electron chi connectivity index (χ3n) is 9.79. The number of carbonyl (C=O) groups excluding carboxylic acids is 2. The molecule has 0 amide bonds. The Kier molecular flexibility index (Phi) is 42.1. The molecule has 53 heavy (non-hydrogen) atoms. The van der Waals surface area contributed by atoms with E-state index in [4.69, 9.17) is 23.7 Å². The second-order valence-corrected chi connectivity index (χ2v) is 14.9. The van der Waals surface area contributed by atoms with Crippen molar-refractivity contribution in [3.63, 3.8) is 0 Å². The van der Waals surface area contributed by atoms with Gasteiger partial charge in [0.05, 0.1) is 32.8 Å². The number of aliphatic hydroxyl groups excluding tert-OH is 1. The van der Waals surface area contributed by atoms with Crippen molar-refractivity contribution in [1.29, 1.82) is 0 Å². The Hall–Kier alpha value is -1.42. The van der Waals surface area contributed by atoms with Gasteiger partial charge in [-0.1, -0.05) is 143 Å². The van der Waals surface area contributed by atoms with Gasteiger partial charge < -0.3 is 33.7 Å². The Morgan fingerprint density at radius 1 is 0.453 bits per heavy atom. The summed E-state index contributed by atoms with van der Waals surface area (Å²) in [5.74, 6) is -0.170. The maximum atomic E-state index is 12.5. The molecule has 0 aliphatic rings. The van der Waals surface area contributed by atoms with Gasteiger partial charge in [-0.2, -0.15) is 0 Å². The molecule has 316 valence electrons. The summed E-state index contributed by atoms with van der Waals surface area (Å²) in [6.07, 6.45) is 31.1. The molecular weight excluding hydrogens is 670 g/mol. The van der Waals surface area contributed by atoms with E-state index in [9.17, 15) is 14.7 Å². The summed E-state index contributed by atoms with van der Waals surface area (Å²) < 4.78 is 28.1. The molecule has 0 saturated heterocycles. The predicted octanol–water partition coefficient (Wildman–Crippen LogP) is 11.7. The van der Waals surface area contributed by atoms with Crippen molar-refractivity contribution in [2.75, 3.05) is 59.3 Å². The standard InChI is InChI=1S/C44H87NO8/c1-4-7-10-13-16-17-21-29-40-52-44(48)53-41-30-23-25-34-45(35-36-46)33-24-18-22-26-37-49-42(47)31-32-43(50-38-27-19-14-11-8-5-2)51-39-28-20-15-12-9-6-3/h43,46H,4-41H2,1-3H3. The number of nitrogens with zero attached hydrogens (tertiary/aromatic N) is 1. The monoisotopic (exact) mass is 758 g/mol. The van der Waals surface area contributed by atoms with E-state index in [0.29, 0.717) is 52.4 Å². The normalized spacial score (nSPS) is 11.5. The molecule has 0 bridgehead atoms. The van der Waals surface area contributed by atoms with E-state index < -0.39 is 6.16 Å². The summed E-state index contributed by atoms with van der Waals surface area (Å²) in [6.45, 7) is 12.1. The maximum absolute atomic E-state index is 12.5. The zero-order valence-electron chi connectivity index (χ0n) is 35.2. The predicted molar refractivity (Wildman–Crippen MR) is 218 cm³/mol. The minimum absolute atomic E-state index is 0.152. The Labute approximate surface area is 327 Å². The average Bonchev–Trinajstić information content (AvgIpc) is 3.16. The van der Waals surface area contributed by atoms with Crippen LogP contribution >= 0.6 is 0 Å². The molecule has 0 radical (unpaired) electrons. The van der Waals surface area contributed by atoms with Gasteiger partial charge in [-0.3, -0.25) is 4.79 Å². The highest BCUT2D eigenvalue weighted by molar-refractivity contribution is 5.69. The molecule has 0 aromatic carbocycles. The fourth-order valence-corrected chi connectivity index (χ4v) is 6.37. The van der Waals surface area contributed by atoms with Crippen LogP contribution in [0.3, 0.4) is 0 Å². The molecule has 1 N–H and O–H groups in total. The largest absolute Gasteiger partial charge is 0.508 e. The molecule has 0 atom stereocenters. The summed E-state index contributed by atoms with van der Waals surface area (Å²) in [4.78, 5) is 26.6. The lowest BCUT2D eigenvalue weighted by molar-refractivity contribution is -0.159. The number of hydrogen-bond acceptors (Lipinski definition) is 9. The SMILES string of the molecule is CCCCCCCCCCOC(=O)OCCCCCN(CCO)CCCCCCOC(=O)CCC(OCCCCCCCC)OCCCCCCCC. The summed E-state index contributed by atoms with van der Waals surface area (Å²) in [6, 6.07) is 0. The fraction of sp³-hybridized carbons (Fsp3) is 0.955. The topological polar surface area (TPSA) is 104 Å².